The van der Waals surface area contributed by atoms with E-state index in [1.807, 2.05) is 0 Å². The van der Waals surface area contributed by atoms with E-state index in [-0.39, 0.29) is 26.2 Å². The lowest BCUT2D eigenvalue weighted by Gasteiger charge is -2.19. The van der Waals surface area contributed by atoms with E-state index >= 15 is 0 Å². The number of carbonyl (C=O) groups is 2. The van der Waals surface area contributed by atoms with Crippen molar-refractivity contribution < 1.29 is 14.0 Å². The predicted molar refractivity (Wildman–Crippen MR) is 76.0 cm³/mol. The molecular formula is C14H17FN4O2. The normalized spacial score (nSPS) is 10.0. The molecule has 7 heteroatoms. The highest BCUT2D eigenvalue weighted by Gasteiger charge is 2.14. The Morgan fingerprint density at radius 3 is 2.29 bits per heavy atom. The van der Waals surface area contributed by atoms with Gasteiger partial charge in [0.2, 0.25) is 11.8 Å². The molecule has 0 atom stereocenters. The van der Waals surface area contributed by atoms with E-state index in [0.29, 0.717) is 11.1 Å². The molecule has 0 aliphatic heterocycles. The van der Waals surface area contributed by atoms with Crippen molar-refractivity contribution in [1.29, 1.82) is 0 Å². The molecule has 0 heterocycles. The Morgan fingerprint density at radius 1 is 1.19 bits per heavy atom. The third-order valence-corrected chi connectivity index (χ3v) is 2.54. The molecule has 0 aromatic heterocycles. The van der Waals surface area contributed by atoms with Crippen molar-refractivity contribution in [3.8, 4) is 11.8 Å². The number of hydrogen-bond acceptors (Lipinski definition) is 4. The summed E-state index contributed by atoms with van der Waals surface area (Å²) < 4.78 is 14.0. The second-order valence-electron chi connectivity index (χ2n) is 4.39. The molecule has 1 aromatic carbocycles. The topological polar surface area (TPSA) is 115 Å². The molecule has 6 N–H and O–H groups in total. The van der Waals surface area contributed by atoms with Crippen LogP contribution in [0.3, 0.4) is 0 Å². The van der Waals surface area contributed by atoms with Crippen molar-refractivity contribution in [1.82, 2.24) is 4.90 Å². The zero-order valence-corrected chi connectivity index (χ0v) is 11.4. The van der Waals surface area contributed by atoms with Crippen LogP contribution in [0.1, 0.15) is 11.1 Å². The summed E-state index contributed by atoms with van der Waals surface area (Å²) in [7, 11) is 0. The third kappa shape index (κ3) is 6.03. The molecule has 0 bridgehead atoms. The number of rotatable bonds is 6. The van der Waals surface area contributed by atoms with E-state index in [4.69, 9.17) is 17.2 Å². The van der Waals surface area contributed by atoms with Crippen LogP contribution >= 0.6 is 0 Å². The largest absolute Gasteiger partial charge is 0.369 e. The minimum absolute atomic E-state index is 0.0440. The van der Waals surface area contributed by atoms with E-state index in [1.54, 1.807) is 6.07 Å². The van der Waals surface area contributed by atoms with Crippen LogP contribution in [0.5, 0.6) is 0 Å². The molecule has 1 aromatic rings. The molecule has 0 fully saturated rings. The van der Waals surface area contributed by atoms with Crippen molar-refractivity contribution in [2.75, 3.05) is 19.6 Å². The van der Waals surface area contributed by atoms with Gasteiger partial charge in [-0.2, -0.15) is 0 Å². The predicted octanol–water partition coefficient (Wildman–Crippen LogP) is -1.09. The van der Waals surface area contributed by atoms with Crippen LogP contribution in [0, 0.1) is 17.7 Å². The number of primary amides is 2. The average Bonchev–Trinajstić information content (AvgIpc) is 2.37. The summed E-state index contributed by atoms with van der Waals surface area (Å²) in [5, 5.41) is 0. The summed E-state index contributed by atoms with van der Waals surface area (Å²) in [6, 6.07) is 4.43. The quantitative estimate of drug-likeness (QED) is 0.578. The van der Waals surface area contributed by atoms with Gasteiger partial charge in [-0.15, -0.1) is 0 Å². The van der Waals surface area contributed by atoms with E-state index < -0.39 is 17.6 Å². The lowest BCUT2D eigenvalue weighted by molar-refractivity contribution is -0.122. The summed E-state index contributed by atoms with van der Waals surface area (Å²) in [6.45, 7) is -0.134. The summed E-state index contributed by atoms with van der Waals surface area (Å²) in [6.07, 6.45) is 0. The first kappa shape index (κ1) is 16.6. The molecule has 1 rings (SSSR count). The molecule has 0 unspecified atom stereocenters. The maximum atomic E-state index is 14.0. The Morgan fingerprint density at radius 2 is 1.81 bits per heavy atom. The maximum absolute atomic E-state index is 14.0. The van der Waals surface area contributed by atoms with Gasteiger partial charge in [0.15, 0.2) is 0 Å². The number of halogens is 1. The number of benzene rings is 1. The summed E-state index contributed by atoms with van der Waals surface area (Å²) in [5.74, 6) is 3.60. The molecule has 21 heavy (non-hydrogen) atoms. The van der Waals surface area contributed by atoms with Crippen LogP contribution in [-0.4, -0.2) is 36.3 Å². The lowest BCUT2D eigenvalue weighted by atomic mass is 10.1. The van der Waals surface area contributed by atoms with Crippen molar-refractivity contribution in [2.45, 2.75) is 6.54 Å². The van der Waals surface area contributed by atoms with Crippen molar-refractivity contribution in [3.05, 3.63) is 35.1 Å². The van der Waals surface area contributed by atoms with E-state index in [1.165, 1.54) is 17.0 Å². The molecular weight excluding hydrogens is 275 g/mol. The summed E-state index contributed by atoms with van der Waals surface area (Å²) in [5.41, 5.74) is 16.2. The smallest absolute Gasteiger partial charge is 0.231 e. The van der Waals surface area contributed by atoms with Crippen LogP contribution in [0.4, 0.5) is 4.39 Å². The molecule has 0 saturated heterocycles. The van der Waals surface area contributed by atoms with Gasteiger partial charge in [0.05, 0.1) is 19.6 Å². The second kappa shape index (κ2) is 7.99. The van der Waals surface area contributed by atoms with Gasteiger partial charge in [0, 0.05) is 17.7 Å². The second-order valence-corrected chi connectivity index (χ2v) is 4.39. The molecule has 0 radical (unpaired) electrons. The Hall–Kier alpha value is -2.43. The minimum Gasteiger partial charge on any atom is -0.369 e. The summed E-state index contributed by atoms with van der Waals surface area (Å²) in [4.78, 5) is 23.3. The number of carbonyl (C=O) groups excluding carboxylic acids is 2. The van der Waals surface area contributed by atoms with Gasteiger partial charge < -0.3 is 17.2 Å². The van der Waals surface area contributed by atoms with Crippen molar-refractivity contribution >= 4 is 11.8 Å². The highest BCUT2D eigenvalue weighted by molar-refractivity contribution is 5.79. The van der Waals surface area contributed by atoms with E-state index in [9.17, 15) is 14.0 Å². The van der Waals surface area contributed by atoms with Gasteiger partial charge in [0.1, 0.15) is 5.82 Å². The van der Waals surface area contributed by atoms with Gasteiger partial charge in [-0.3, -0.25) is 14.5 Å². The third-order valence-electron chi connectivity index (χ3n) is 2.54. The lowest BCUT2D eigenvalue weighted by Crippen LogP contribution is -2.39. The molecule has 0 aliphatic rings. The Balaban J connectivity index is 2.88. The minimum atomic E-state index is -0.623. The van der Waals surface area contributed by atoms with Crippen LogP contribution in [0.15, 0.2) is 18.2 Å². The Labute approximate surface area is 122 Å². The Kier molecular flexibility index (Phi) is 6.33. The molecule has 2 amide bonds. The first-order valence-corrected chi connectivity index (χ1v) is 6.18. The van der Waals surface area contributed by atoms with Gasteiger partial charge in [-0.25, -0.2) is 4.39 Å². The highest BCUT2D eigenvalue weighted by Crippen LogP contribution is 2.12. The fourth-order valence-corrected chi connectivity index (χ4v) is 1.76. The van der Waals surface area contributed by atoms with E-state index in [2.05, 4.69) is 11.8 Å². The number of nitrogens with zero attached hydrogens (tertiary/aromatic N) is 1. The monoisotopic (exact) mass is 292 g/mol. The van der Waals surface area contributed by atoms with Gasteiger partial charge in [0.25, 0.3) is 0 Å². The SMILES string of the molecule is NCC#Cc1ccc(CN(CC(N)=O)CC(N)=O)c(F)c1. The number of nitrogens with two attached hydrogens (primary N) is 3. The Bertz CT molecular complexity index is 576. The molecule has 6 nitrogen and oxygen atoms in total. The van der Waals surface area contributed by atoms with Gasteiger partial charge >= 0.3 is 0 Å². The zero-order valence-electron chi connectivity index (χ0n) is 11.4. The van der Waals surface area contributed by atoms with Gasteiger partial charge in [-0.1, -0.05) is 17.9 Å². The number of amides is 2. The number of hydrogen-bond donors (Lipinski definition) is 3. The van der Waals surface area contributed by atoms with Crippen molar-refractivity contribution in [3.63, 3.8) is 0 Å². The fourth-order valence-electron chi connectivity index (χ4n) is 1.76. The van der Waals surface area contributed by atoms with Crippen molar-refractivity contribution in [2.24, 2.45) is 17.2 Å². The standard InChI is InChI=1S/C14H17FN4O2/c15-12-6-10(2-1-5-16)3-4-11(12)7-19(8-13(17)20)9-14(18)21/h3-4,6H,5,7-9,16H2,(H2,17,20)(H2,18,21). The highest BCUT2D eigenvalue weighted by atomic mass is 19.1. The first-order valence-electron chi connectivity index (χ1n) is 6.18. The van der Waals surface area contributed by atoms with Crippen LogP contribution in [-0.2, 0) is 16.1 Å². The van der Waals surface area contributed by atoms with Crippen LogP contribution in [0.25, 0.3) is 0 Å². The molecule has 112 valence electrons. The van der Waals surface area contributed by atoms with Crippen LogP contribution in [0.2, 0.25) is 0 Å². The van der Waals surface area contributed by atoms with Crippen LogP contribution < -0.4 is 17.2 Å². The van der Waals surface area contributed by atoms with Gasteiger partial charge in [-0.05, 0) is 12.1 Å². The first-order chi connectivity index (χ1) is 9.92. The molecule has 0 saturated carbocycles. The maximum Gasteiger partial charge on any atom is 0.231 e. The van der Waals surface area contributed by atoms with E-state index in [0.717, 1.165) is 0 Å². The average molecular weight is 292 g/mol. The zero-order chi connectivity index (χ0) is 15.8. The summed E-state index contributed by atoms with van der Waals surface area (Å²) >= 11 is 0. The molecule has 0 spiro atoms. The molecule has 0 aliphatic carbocycles. The fraction of sp³-hybridized carbons (Fsp3) is 0.286.